The summed E-state index contributed by atoms with van der Waals surface area (Å²) in [5, 5.41) is 12.3. The first kappa shape index (κ1) is 17.2. The third-order valence-corrected chi connectivity index (χ3v) is 5.19. The van der Waals surface area contributed by atoms with Gasteiger partial charge in [-0.15, -0.1) is 10.2 Å². The molecule has 1 aromatic heterocycles. The van der Waals surface area contributed by atoms with Crippen molar-refractivity contribution < 1.29 is 0 Å². The molecule has 3 heterocycles. The summed E-state index contributed by atoms with van der Waals surface area (Å²) in [6.07, 6.45) is 7.41. The summed E-state index contributed by atoms with van der Waals surface area (Å²) in [4.78, 5) is 6.88. The van der Waals surface area contributed by atoms with Crippen molar-refractivity contribution in [3.63, 3.8) is 0 Å². The molecule has 1 N–H and O–H groups in total. The van der Waals surface area contributed by atoms with Crippen molar-refractivity contribution in [3.8, 4) is 0 Å². The minimum Gasteiger partial charge on any atom is -0.349 e. The molecule has 2 aliphatic heterocycles. The zero-order chi connectivity index (χ0) is 16.9. The van der Waals surface area contributed by atoms with Crippen LogP contribution in [-0.2, 0) is 19.5 Å². The predicted molar refractivity (Wildman–Crippen MR) is 96.9 cm³/mol. The third-order valence-electron chi connectivity index (χ3n) is 5.19. The van der Waals surface area contributed by atoms with E-state index in [0.717, 1.165) is 55.5 Å². The fourth-order valence-corrected chi connectivity index (χ4v) is 4.05. The van der Waals surface area contributed by atoms with Gasteiger partial charge in [0.15, 0.2) is 11.8 Å². The maximum Gasteiger partial charge on any atom is 0.194 e. The Balaban J connectivity index is 1.56. The Bertz CT molecular complexity index is 562. The fourth-order valence-electron chi connectivity index (χ4n) is 4.05. The molecule has 1 atom stereocenters. The molecular formula is C18H32N6. The van der Waals surface area contributed by atoms with E-state index in [1.54, 1.807) is 0 Å². The van der Waals surface area contributed by atoms with Gasteiger partial charge in [0.05, 0.1) is 6.54 Å². The van der Waals surface area contributed by atoms with E-state index in [0.29, 0.717) is 6.54 Å². The van der Waals surface area contributed by atoms with Crippen LogP contribution in [0.25, 0.3) is 0 Å². The summed E-state index contributed by atoms with van der Waals surface area (Å²) in [7, 11) is 1.88. The molecule has 0 amide bonds. The minimum atomic E-state index is 0.713. The number of hydrogen-bond acceptors (Lipinski definition) is 3. The third kappa shape index (κ3) is 4.08. The standard InChI is InChI=1S/C18H32N6/c1-14(2)11-15-8-10-23(13-15)18(19-3)20-12-17-22-21-16-7-5-4-6-9-24(16)17/h14-15H,4-13H2,1-3H3,(H,19,20). The van der Waals surface area contributed by atoms with E-state index in [4.69, 9.17) is 0 Å². The van der Waals surface area contributed by atoms with Crippen molar-refractivity contribution in [3.05, 3.63) is 11.6 Å². The van der Waals surface area contributed by atoms with Crippen molar-refractivity contribution >= 4 is 5.96 Å². The Kier molecular flexibility index (Phi) is 5.74. The van der Waals surface area contributed by atoms with Crippen LogP contribution in [0.15, 0.2) is 4.99 Å². The number of nitrogens with one attached hydrogen (secondary N) is 1. The monoisotopic (exact) mass is 332 g/mol. The van der Waals surface area contributed by atoms with Crippen LogP contribution in [0.3, 0.4) is 0 Å². The minimum absolute atomic E-state index is 0.713. The summed E-state index contributed by atoms with van der Waals surface area (Å²) in [5.74, 6) is 4.78. The fraction of sp³-hybridized carbons (Fsp3) is 0.833. The van der Waals surface area contributed by atoms with Gasteiger partial charge in [0.1, 0.15) is 5.82 Å². The molecule has 1 aromatic rings. The Morgan fingerprint density at radius 3 is 2.92 bits per heavy atom. The lowest BCUT2D eigenvalue weighted by Gasteiger charge is -2.22. The van der Waals surface area contributed by atoms with Crippen molar-refractivity contribution in [2.45, 2.75) is 65.5 Å². The smallest absolute Gasteiger partial charge is 0.194 e. The largest absolute Gasteiger partial charge is 0.349 e. The number of aromatic nitrogens is 3. The van der Waals surface area contributed by atoms with E-state index in [1.807, 2.05) is 7.05 Å². The molecule has 134 valence electrons. The van der Waals surface area contributed by atoms with Crippen molar-refractivity contribution in [2.24, 2.45) is 16.8 Å². The van der Waals surface area contributed by atoms with E-state index < -0.39 is 0 Å². The molecule has 1 fully saturated rings. The molecule has 6 heteroatoms. The van der Waals surface area contributed by atoms with Gasteiger partial charge >= 0.3 is 0 Å². The number of guanidine groups is 1. The van der Waals surface area contributed by atoms with Gasteiger partial charge in [0.25, 0.3) is 0 Å². The van der Waals surface area contributed by atoms with Gasteiger partial charge in [-0.1, -0.05) is 20.3 Å². The highest BCUT2D eigenvalue weighted by molar-refractivity contribution is 5.80. The molecule has 0 bridgehead atoms. The van der Waals surface area contributed by atoms with Crippen LogP contribution in [0.4, 0.5) is 0 Å². The number of nitrogens with zero attached hydrogens (tertiary/aromatic N) is 5. The normalized spacial score (nSPS) is 21.9. The molecule has 6 nitrogen and oxygen atoms in total. The quantitative estimate of drug-likeness (QED) is 0.680. The molecular weight excluding hydrogens is 300 g/mol. The number of fused-ring (bicyclic) bond motifs is 1. The van der Waals surface area contributed by atoms with Gasteiger partial charge in [-0.05, 0) is 37.5 Å². The number of rotatable bonds is 4. The maximum absolute atomic E-state index is 4.49. The highest BCUT2D eigenvalue weighted by Crippen LogP contribution is 2.23. The van der Waals surface area contributed by atoms with Crippen molar-refractivity contribution in [2.75, 3.05) is 20.1 Å². The lowest BCUT2D eigenvalue weighted by molar-refractivity contribution is 0.403. The van der Waals surface area contributed by atoms with Crippen LogP contribution in [0.5, 0.6) is 0 Å². The Morgan fingerprint density at radius 2 is 2.12 bits per heavy atom. The molecule has 1 unspecified atom stereocenters. The number of likely N-dealkylation sites (tertiary alicyclic amines) is 1. The molecule has 1 saturated heterocycles. The van der Waals surface area contributed by atoms with Gasteiger partial charge in [-0.3, -0.25) is 4.99 Å². The lowest BCUT2D eigenvalue weighted by Crippen LogP contribution is -2.40. The first-order valence-corrected chi connectivity index (χ1v) is 9.54. The molecule has 24 heavy (non-hydrogen) atoms. The summed E-state index contributed by atoms with van der Waals surface area (Å²) < 4.78 is 2.30. The van der Waals surface area contributed by atoms with Crippen LogP contribution >= 0.6 is 0 Å². The zero-order valence-electron chi connectivity index (χ0n) is 15.5. The summed E-state index contributed by atoms with van der Waals surface area (Å²) in [5.41, 5.74) is 0. The van der Waals surface area contributed by atoms with Gasteiger partial charge < -0.3 is 14.8 Å². The second-order valence-electron chi connectivity index (χ2n) is 7.63. The predicted octanol–water partition coefficient (Wildman–Crippen LogP) is 2.45. The number of hydrogen-bond donors (Lipinski definition) is 1. The van der Waals surface area contributed by atoms with E-state index in [1.165, 1.54) is 32.1 Å². The second-order valence-corrected chi connectivity index (χ2v) is 7.63. The lowest BCUT2D eigenvalue weighted by atomic mass is 9.97. The molecule has 0 saturated carbocycles. The van der Waals surface area contributed by atoms with Crippen LogP contribution in [0.2, 0.25) is 0 Å². The second kappa shape index (κ2) is 7.99. The Hall–Kier alpha value is -1.59. The molecule has 3 rings (SSSR count). The summed E-state index contributed by atoms with van der Waals surface area (Å²) >= 11 is 0. The SMILES string of the molecule is CN=C(NCc1nnc2n1CCCCC2)N1CCC(CC(C)C)C1. The van der Waals surface area contributed by atoms with E-state index in [9.17, 15) is 0 Å². The highest BCUT2D eigenvalue weighted by atomic mass is 15.3. The van der Waals surface area contributed by atoms with Crippen LogP contribution in [-0.4, -0.2) is 45.8 Å². The average Bonchev–Trinajstić information content (AvgIpc) is 3.08. The van der Waals surface area contributed by atoms with Crippen LogP contribution in [0, 0.1) is 11.8 Å². The molecule has 0 spiro atoms. The van der Waals surface area contributed by atoms with Crippen molar-refractivity contribution in [1.82, 2.24) is 25.0 Å². The molecule has 0 aliphatic carbocycles. The van der Waals surface area contributed by atoms with Crippen LogP contribution in [0.1, 0.15) is 57.6 Å². The molecule has 0 aromatic carbocycles. The number of aliphatic imine (C=N–C) groups is 1. The summed E-state index contributed by atoms with van der Waals surface area (Å²) in [6, 6.07) is 0. The van der Waals surface area contributed by atoms with E-state index in [2.05, 4.69) is 43.8 Å². The van der Waals surface area contributed by atoms with Gasteiger partial charge in [-0.25, -0.2) is 0 Å². The van der Waals surface area contributed by atoms with Crippen LogP contribution < -0.4 is 5.32 Å². The zero-order valence-corrected chi connectivity index (χ0v) is 15.5. The summed E-state index contributed by atoms with van der Waals surface area (Å²) in [6.45, 7) is 8.62. The van der Waals surface area contributed by atoms with Gasteiger partial charge in [0.2, 0.25) is 0 Å². The van der Waals surface area contributed by atoms with E-state index in [-0.39, 0.29) is 0 Å². The molecule has 0 radical (unpaired) electrons. The van der Waals surface area contributed by atoms with E-state index >= 15 is 0 Å². The maximum atomic E-state index is 4.49. The Labute approximate surface area is 145 Å². The van der Waals surface area contributed by atoms with Crippen molar-refractivity contribution in [1.29, 1.82) is 0 Å². The van der Waals surface area contributed by atoms with Gasteiger partial charge in [0, 0.05) is 33.1 Å². The first-order chi connectivity index (χ1) is 11.7. The first-order valence-electron chi connectivity index (χ1n) is 9.54. The van der Waals surface area contributed by atoms with Gasteiger partial charge in [-0.2, -0.15) is 0 Å². The average molecular weight is 332 g/mol. The number of aryl methyl sites for hydroxylation is 1. The Morgan fingerprint density at radius 1 is 1.25 bits per heavy atom. The topological polar surface area (TPSA) is 58.3 Å². The molecule has 2 aliphatic rings. The highest BCUT2D eigenvalue weighted by Gasteiger charge is 2.25.